The number of ether oxygens (including phenoxy) is 2. The highest BCUT2D eigenvalue weighted by Crippen LogP contribution is 2.20. The number of nitrogens with zero attached hydrogens (tertiary/aromatic N) is 1. The van der Waals surface area contributed by atoms with Crippen LogP contribution in [0, 0.1) is 0 Å². The molecule has 0 saturated heterocycles. The van der Waals surface area contributed by atoms with Crippen LogP contribution in [0.4, 0.5) is 0 Å². The first-order chi connectivity index (χ1) is 14.1. The molecule has 2 aromatic carbocycles. The second kappa shape index (κ2) is 9.93. The molecule has 0 radical (unpaired) electrons. The van der Waals surface area contributed by atoms with E-state index in [1.165, 1.54) is 4.90 Å². The van der Waals surface area contributed by atoms with Crippen LogP contribution in [0.3, 0.4) is 0 Å². The lowest BCUT2D eigenvalue weighted by Gasteiger charge is -2.27. The number of likely N-dealkylation sites (N-methyl/N-ethyl adjacent to an activating group) is 1. The average molecular weight is 398 g/mol. The van der Waals surface area contributed by atoms with E-state index in [-0.39, 0.29) is 31.6 Å². The molecule has 2 amide bonds. The van der Waals surface area contributed by atoms with Crippen LogP contribution in [0.5, 0.6) is 11.5 Å². The third-order valence-electron chi connectivity index (χ3n) is 4.89. The summed E-state index contributed by atoms with van der Waals surface area (Å²) < 4.78 is 11.1. The van der Waals surface area contributed by atoms with Crippen LogP contribution < -0.4 is 14.8 Å². The Morgan fingerprint density at radius 2 is 1.93 bits per heavy atom. The van der Waals surface area contributed by atoms with Crippen LogP contribution in [-0.4, -0.2) is 61.3 Å². The van der Waals surface area contributed by atoms with Crippen LogP contribution in [-0.2, 0) is 22.4 Å². The Morgan fingerprint density at radius 3 is 2.69 bits per heavy atom. The van der Waals surface area contributed by atoms with Gasteiger partial charge in [0, 0.05) is 20.0 Å². The van der Waals surface area contributed by atoms with Crippen molar-refractivity contribution in [2.75, 3.05) is 33.4 Å². The van der Waals surface area contributed by atoms with E-state index >= 15 is 0 Å². The second-order valence-corrected chi connectivity index (χ2v) is 6.88. The summed E-state index contributed by atoms with van der Waals surface area (Å²) in [5.41, 5.74) is 1.86. The second-order valence-electron chi connectivity index (χ2n) is 6.88. The summed E-state index contributed by atoms with van der Waals surface area (Å²) in [6.45, 7) is 0.518. The van der Waals surface area contributed by atoms with Gasteiger partial charge in [0.05, 0.1) is 6.61 Å². The van der Waals surface area contributed by atoms with E-state index < -0.39 is 6.04 Å². The summed E-state index contributed by atoms with van der Waals surface area (Å²) in [5.74, 6) is 0.858. The minimum absolute atomic E-state index is 0.0527. The van der Waals surface area contributed by atoms with E-state index in [0.29, 0.717) is 30.9 Å². The van der Waals surface area contributed by atoms with Crippen molar-refractivity contribution in [1.82, 2.24) is 10.2 Å². The summed E-state index contributed by atoms with van der Waals surface area (Å²) in [5, 5.41) is 11.8. The highest BCUT2D eigenvalue weighted by atomic mass is 16.5. The molecular formula is C22H26N2O5. The number of aliphatic hydroxyl groups excluding tert-OH is 1. The minimum atomic E-state index is -0.642. The van der Waals surface area contributed by atoms with Crippen LogP contribution in [0.15, 0.2) is 48.5 Å². The van der Waals surface area contributed by atoms with Gasteiger partial charge in [-0.15, -0.1) is 0 Å². The fourth-order valence-corrected chi connectivity index (χ4v) is 3.22. The number of carbonyl (C=O) groups excluding carboxylic acids is 2. The van der Waals surface area contributed by atoms with Gasteiger partial charge in [0.15, 0.2) is 6.61 Å². The molecule has 0 aromatic heterocycles. The number of fused-ring (bicyclic) bond motifs is 1. The number of aliphatic hydroxyl groups is 1. The van der Waals surface area contributed by atoms with Crippen molar-refractivity contribution in [1.29, 1.82) is 0 Å². The number of para-hydroxylation sites is 1. The third kappa shape index (κ3) is 5.48. The molecule has 0 saturated carbocycles. The summed E-state index contributed by atoms with van der Waals surface area (Å²) in [6, 6.07) is 14.2. The molecule has 1 unspecified atom stereocenters. The highest BCUT2D eigenvalue weighted by molar-refractivity contribution is 5.88. The van der Waals surface area contributed by atoms with Crippen molar-refractivity contribution < 1.29 is 24.2 Å². The topological polar surface area (TPSA) is 88.1 Å². The molecule has 0 fully saturated rings. The van der Waals surface area contributed by atoms with Crippen molar-refractivity contribution in [2.24, 2.45) is 0 Å². The molecule has 3 rings (SSSR count). The lowest BCUT2D eigenvalue weighted by molar-refractivity contribution is -0.140. The van der Waals surface area contributed by atoms with Crippen molar-refractivity contribution in [3.8, 4) is 11.5 Å². The van der Waals surface area contributed by atoms with Crippen LogP contribution in [0.1, 0.15) is 11.1 Å². The summed E-state index contributed by atoms with van der Waals surface area (Å²) in [4.78, 5) is 26.9. The van der Waals surface area contributed by atoms with Crippen molar-refractivity contribution in [2.45, 2.75) is 18.9 Å². The molecule has 0 bridgehead atoms. The molecule has 7 nitrogen and oxygen atoms in total. The zero-order valence-electron chi connectivity index (χ0n) is 16.5. The van der Waals surface area contributed by atoms with Crippen molar-refractivity contribution in [3.05, 3.63) is 59.7 Å². The van der Waals surface area contributed by atoms with E-state index in [9.17, 15) is 9.59 Å². The smallest absolute Gasteiger partial charge is 0.260 e. The van der Waals surface area contributed by atoms with Crippen LogP contribution >= 0.6 is 0 Å². The SMILES string of the molecule is CN1C(=O)COc2ccccc2CCNC(=O)C1Cc1ccc(OCCO)cc1. The van der Waals surface area contributed by atoms with Gasteiger partial charge in [0.2, 0.25) is 5.91 Å². The van der Waals surface area contributed by atoms with Gasteiger partial charge in [-0.1, -0.05) is 30.3 Å². The van der Waals surface area contributed by atoms with Gasteiger partial charge in [-0.05, 0) is 35.7 Å². The number of rotatable bonds is 5. The number of nitrogens with one attached hydrogen (secondary N) is 1. The zero-order valence-corrected chi connectivity index (χ0v) is 16.5. The standard InChI is InChI=1S/C22H26N2O5/c1-24-19(14-16-6-8-18(9-7-16)28-13-12-25)22(27)23-11-10-17-4-2-3-5-20(17)29-15-21(24)26/h2-9,19,25H,10-15H2,1H3,(H,23,27). The normalized spacial score (nSPS) is 17.6. The van der Waals surface area contributed by atoms with E-state index in [1.807, 2.05) is 36.4 Å². The summed E-state index contributed by atoms with van der Waals surface area (Å²) >= 11 is 0. The van der Waals surface area contributed by atoms with E-state index in [2.05, 4.69) is 5.32 Å². The molecule has 1 atom stereocenters. The Balaban J connectivity index is 1.74. The molecule has 29 heavy (non-hydrogen) atoms. The molecule has 1 heterocycles. The van der Waals surface area contributed by atoms with Crippen LogP contribution in [0.25, 0.3) is 0 Å². The lowest BCUT2D eigenvalue weighted by Crippen LogP contribution is -2.50. The number of hydrogen-bond acceptors (Lipinski definition) is 5. The fourth-order valence-electron chi connectivity index (χ4n) is 3.22. The quantitative estimate of drug-likeness (QED) is 0.790. The van der Waals surface area contributed by atoms with Gasteiger partial charge in [-0.25, -0.2) is 0 Å². The molecule has 154 valence electrons. The molecule has 2 aromatic rings. The maximum absolute atomic E-state index is 12.8. The average Bonchev–Trinajstić information content (AvgIpc) is 2.76. The fraction of sp³-hybridized carbons (Fsp3) is 0.364. The van der Waals surface area contributed by atoms with Gasteiger partial charge in [-0.2, -0.15) is 0 Å². The monoisotopic (exact) mass is 398 g/mol. The lowest BCUT2D eigenvalue weighted by atomic mass is 10.0. The Morgan fingerprint density at radius 1 is 1.17 bits per heavy atom. The van der Waals surface area contributed by atoms with Gasteiger partial charge >= 0.3 is 0 Å². The first kappa shape index (κ1) is 20.7. The van der Waals surface area contributed by atoms with Gasteiger partial charge in [-0.3, -0.25) is 9.59 Å². The van der Waals surface area contributed by atoms with Crippen LogP contribution in [0.2, 0.25) is 0 Å². The number of benzene rings is 2. The first-order valence-corrected chi connectivity index (χ1v) is 9.65. The Hall–Kier alpha value is -3.06. The van der Waals surface area contributed by atoms with Crippen molar-refractivity contribution >= 4 is 11.8 Å². The third-order valence-corrected chi connectivity index (χ3v) is 4.89. The van der Waals surface area contributed by atoms with Gasteiger partial charge < -0.3 is 24.8 Å². The van der Waals surface area contributed by atoms with E-state index in [4.69, 9.17) is 14.6 Å². The van der Waals surface area contributed by atoms with E-state index in [1.54, 1.807) is 19.2 Å². The largest absolute Gasteiger partial charge is 0.491 e. The van der Waals surface area contributed by atoms with Crippen molar-refractivity contribution in [3.63, 3.8) is 0 Å². The number of amides is 2. The van der Waals surface area contributed by atoms with Gasteiger partial charge in [0.25, 0.3) is 5.91 Å². The molecule has 7 heteroatoms. The minimum Gasteiger partial charge on any atom is -0.491 e. The first-order valence-electron chi connectivity index (χ1n) is 9.65. The Bertz CT molecular complexity index is 837. The maximum atomic E-state index is 12.8. The Kier molecular flexibility index (Phi) is 7.08. The molecule has 0 spiro atoms. The summed E-state index contributed by atoms with van der Waals surface area (Å²) in [6.07, 6.45) is 1.00. The Labute approximate surface area is 170 Å². The summed E-state index contributed by atoms with van der Waals surface area (Å²) in [7, 11) is 1.62. The molecular weight excluding hydrogens is 372 g/mol. The molecule has 0 aliphatic carbocycles. The predicted octanol–water partition coefficient (Wildman–Crippen LogP) is 1.18. The number of hydrogen-bond donors (Lipinski definition) is 2. The molecule has 2 N–H and O–H groups in total. The number of carbonyl (C=O) groups is 2. The van der Waals surface area contributed by atoms with E-state index in [0.717, 1.165) is 11.1 Å². The zero-order chi connectivity index (χ0) is 20.6. The molecule has 1 aliphatic heterocycles. The highest BCUT2D eigenvalue weighted by Gasteiger charge is 2.28. The maximum Gasteiger partial charge on any atom is 0.260 e. The molecule has 1 aliphatic rings. The predicted molar refractivity (Wildman–Crippen MR) is 108 cm³/mol. The van der Waals surface area contributed by atoms with Gasteiger partial charge in [0.1, 0.15) is 24.1 Å².